The number of benzene rings is 2. The van der Waals surface area contributed by atoms with Crippen LogP contribution in [0.3, 0.4) is 0 Å². The number of hydrogen-bond donors (Lipinski definition) is 2. The Labute approximate surface area is 129 Å². The maximum atomic E-state index is 12.2. The van der Waals surface area contributed by atoms with Gasteiger partial charge in [-0.25, -0.2) is 0 Å². The summed E-state index contributed by atoms with van der Waals surface area (Å²) >= 11 is 0. The first-order chi connectivity index (χ1) is 10.5. The van der Waals surface area contributed by atoms with Crippen molar-refractivity contribution in [3.63, 3.8) is 0 Å². The standard InChI is InChI=1S/C17H18N2O3/c1-11(22-12(2)20)13-7-9-14(10-8-13)17(21)19-16-6-4-3-5-15(16)18/h3-11H,18H2,1-2H3,(H,19,21). The Morgan fingerprint density at radius 2 is 1.73 bits per heavy atom. The van der Waals surface area contributed by atoms with E-state index >= 15 is 0 Å². The Balaban J connectivity index is 2.08. The summed E-state index contributed by atoms with van der Waals surface area (Å²) in [7, 11) is 0. The van der Waals surface area contributed by atoms with E-state index in [9.17, 15) is 9.59 Å². The molecule has 0 heterocycles. The molecule has 0 spiro atoms. The number of hydrogen-bond acceptors (Lipinski definition) is 4. The van der Waals surface area contributed by atoms with Crippen LogP contribution in [0.25, 0.3) is 0 Å². The summed E-state index contributed by atoms with van der Waals surface area (Å²) in [6, 6.07) is 14.0. The largest absolute Gasteiger partial charge is 0.458 e. The van der Waals surface area contributed by atoms with Gasteiger partial charge in [-0.15, -0.1) is 0 Å². The molecule has 0 aromatic heterocycles. The number of nitrogen functional groups attached to an aromatic ring is 1. The van der Waals surface area contributed by atoms with Crippen LogP contribution < -0.4 is 11.1 Å². The van der Waals surface area contributed by atoms with Crippen molar-refractivity contribution in [2.75, 3.05) is 11.1 Å². The maximum Gasteiger partial charge on any atom is 0.303 e. The van der Waals surface area contributed by atoms with Gasteiger partial charge >= 0.3 is 5.97 Å². The predicted molar refractivity (Wildman–Crippen MR) is 85.4 cm³/mol. The van der Waals surface area contributed by atoms with Crippen LogP contribution in [0.5, 0.6) is 0 Å². The minimum absolute atomic E-state index is 0.246. The second kappa shape index (κ2) is 6.76. The second-order valence-corrected chi connectivity index (χ2v) is 4.92. The summed E-state index contributed by atoms with van der Waals surface area (Å²) in [6.07, 6.45) is -0.348. The van der Waals surface area contributed by atoms with Crippen molar-refractivity contribution in [3.05, 3.63) is 59.7 Å². The molecule has 0 radical (unpaired) electrons. The molecule has 0 aliphatic carbocycles. The summed E-state index contributed by atoms with van der Waals surface area (Å²) in [5.74, 6) is -0.585. The Morgan fingerprint density at radius 1 is 1.09 bits per heavy atom. The van der Waals surface area contributed by atoms with Gasteiger partial charge in [0, 0.05) is 12.5 Å². The van der Waals surface area contributed by atoms with Gasteiger partial charge in [0.15, 0.2) is 0 Å². The molecule has 114 valence electrons. The van der Waals surface area contributed by atoms with Crippen LogP contribution in [0.4, 0.5) is 11.4 Å². The van der Waals surface area contributed by atoms with Crippen LogP contribution in [-0.2, 0) is 9.53 Å². The Kier molecular flexibility index (Phi) is 4.78. The van der Waals surface area contributed by atoms with Gasteiger partial charge in [0.25, 0.3) is 5.91 Å². The Hall–Kier alpha value is -2.82. The van der Waals surface area contributed by atoms with Gasteiger partial charge in [0.1, 0.15) is 6.10 Å². The molecule has 2 aromatic carbocycles. The summed E-state index contributed by atoms with van der Waals surface area (Å²) in [6.45, 7) is 3.14. The molecule has 0 aliphatic rings. The number of carbonyl (C=O) groups excluding carboxylic acids is 2. The fraction of sp³-hybridized carbons (Fsp3) is 0.176. The molecule has 1 amide bonds. The highest BCUT2D eigenvalue weighted by atomic mass is 16.5. The van der Waals surface area contributed by atoms with E-state index in [1.807, 2.05) is 0 Å². The van der Waals surface area contributed by atoms with E-state index in [1.54, 1.807) is 55.5 Å². The summed E-state index contributed by atoms with van der Waals surface area (Å²) in [5, 5.41) is 2.76. The molecular weight excluding hydrogens is 280 g/mol. The number of amides is 1. The smallest absolute Gasteiger partial charge is 0.303 e. The highest BCUT2D eigenvalue weighted by Gasteiger charge is 2.11. The molecule has 2 rings (SSSR count). The Bertz CT molecular complexity index is 681. The maximum absolute atomic E-state index is 12.2. The number of ether oxygens (including phenoxy) is 1. The van der Waals surface area contributed by atoms with Gasteiger partial charge in [0.2, 0.25) is 0 Å². The second-order valence-electron chi connectivity index (χ2n) is 4.92. The van der Waals surface area contributed by atoms with Crippen molar-refractivity contribution in [2.24, 2.45) is 0 Å². The number of nitrogens with two attached hydrogens (primary N) is 1. The van der Waals surface area contributed by atoms with Crippen molar-refractivity contribution >= 4 is 23.3 Å². The first kappa shape index (κ1) is 15.6. The molecule has 5 heteroatoms. The lowest BCUT2D eigenvalue weighted by atomic mass is 10.1. The van der Waals surface area contributed by atoms with E-state index in [1.165, 1.54) is 6.92 Å². The highest BCUT2D eigenvalue weighted by molar-refractivity contribution is 6.05. The van der Waals surface area contributed by atoms with Crippen LogP contribution in [0.1, 0.15) is 35.9 Å². The molecule has 0 saturated carbocycles. The van der Waals surface area contributed by atoms with Crippen LogP contribution in [0, 0.1) is 0 Å². The van der Waals surface area contributed by atoms with Crippen LogP contribution in [0.15, 0.2) is 48.5 Å². The first-order valence-electron chi connectivity index (χ1n) is 6.90. The SMILES string of the molecule is CC(=O)OC(C)c1ccc(C(=O)Nc2ccccc2N)cc1. The lowest BCUT2D eigenvalue weighted by molar-refractivity contribution is -0.145. The van der Waals surface area contributed by atoms with E-state index in [0.717, 1.165) is 5.56 Å². The Morgan fingerprint density at radius 3 is 2.32 bits per heavy atom. The topological polar surface area (TPSA) is 81.4 Å². The normalized spacial score (nSPS) is 11.5. The van der Waals surface area contributed by atoms with E-state index in [0.29, 0.717) is 16.9 Å². The minimum Gasteiger partial charge on any atom is -0.458 e. The van der Waals surface area contributed by atoms with Crippen LogP contribution in [0.2, 0.25) is 0 Å². The van der Waals surface area contributed by atoms with E-state index in [-0.39, 0.29) is 18.0 Å². The van der Waals surface area contributed by atoms with Crippen molar-refractivity contribution in [1.82, 2.24) is 0 Å². The monoisotopic (exact) mass is 298 g/mol. The number of esters is 1. The van der Waals surface area contributed by atoms with Crippen molar-refractivity contribution in [3.8, 4) is 0 Å². The molecule has 3 N–H and O–H groups in total. The van der Waals surface area contributed by atoms with Crippen molar-refractivity contribution in [1.29, 1.82) is 0 Å². The number of nitrogens with one attached hydrogen (secondary N) is 1. The third-order valence-corrected chi connectivity index (χ3v) is 3.19. The third kappa shape index (κ3) is 3.85. The number of para-hydroxylation sites is 2. The summed E-state index contributed by atoms with van der Waals surface area (Å²) in [4.78, 5) is 23.1. The molecule has 1 atom stereocenters. The van der Waals surface area contributed by atoms with E-state index in [4.69, 9.17) is 10.5 Å². The zero-order chi connectivity index (χ0) is 16.1. The zero-order valence-electron chi connectivity index (χ0n) is 12.5. The molecule has 2 aromatic rings. The van der Waals surface area contributed by atoms with E-state index in [2.05, 4.69) is 5.32 Å². The van der Waals surface area contributed by atoms with Gasteiger partial charge in [-0.1, -0.05) is 24.3 Å². The quantitative estimate of drug-likeness (QED) is 0.671. The molecule has 0 saturated heterocycles. The van der Waals surface area contributed by atoms with Gasteiger partial charge < -0.3 is 15.8 Å². The van der Waals surface area contributed by atoms with Crippen molar-refractivity contribution in [2.45, 2.75) is 20.0 Å². The highest BCUT2D eigenvalue weighted by Crippen LogP contribution is 2.20. The van der Waals surface area contributed by atoms with Gasteiger partial charge in [-0.05, 0) is 36.8 Å². The number of carbonyl (C=O) groups is 2. The molecule has 0 bridgehead atoms. The predicted octanol–water partition coefficient (Wildman–Crippen LogP) is 3.15. The van der Waals surface area contributed by atoms with Gasteiger partial charge in [-0.2, -0.15) is 0 Å². The zero-order valence-corrected chi connectivity index (χ0v) is 12.5. The fourth-order valence-corrected chi connectivity index (χ4v) is 2.03. The molecule has 0 fully saturated rings. The lowest BCUT2D eigenvalue weighted by Crippen LogP contribution is -2.13. The average molecular weight is 298 g/mol. The first-order valence-corrected chi connectivity index (χ1v) is 6.90. The van der Waals surface area contributed by atoms with Gasteiger partial charge in [-0.3, -0.25) is 9.59 Å². The van der Waals surface area contributed by atoms with E-state index < -0.39 is 0 Å². The lowest BCUT2D eigenvalue weighted by Gasteiger charge is -2.13. The van der Waals surface area contributed by atoms with Crippen LogP contribution in [-0.4, -0.2) is 11.9 Å². The minimum atomic E-state index is -0.348. The molecule has 1 unspecified atom stereocenters. The fourth-order valence-electron chi connectivity index (χ4n) is 2.03. The summed E-state index contributed by atoms with van der Waals surface area (Å²) < 4.78 is 5.09. The summed E-state index contributed by atoms with van der Waals surface area (Å²) in [5.41, 5.74) is 8.20. The number of anilines is 2. The van der Waals surface area contributed by atoms with Crippen LogP contribution >= 0.6 is 0 Å². The molecular formula is C17H18N2O3. The molecule has 0 aliphatic heterocycles. The molecule has 5 nitrogen and oxygen atoms in total. The number of rotatable bonds is 4. The average Bonchev–Trinajstić information content (AvgIpc) is 2.49. The third-order valence-electron chi connectivity index (χ3n) is 3.19. The van der Waals surface area contributed by atoms with Crippen molar-refractivity contribution < 1.29 is 14.3 Å². The van der Waals surface area contributed by atoms with Gasteiger partial charge in [0.05, 0.1) is 11.4 Å². The molecule has 22 heavy (non-hydrogen) atoms.